The van der Waals surface area contributed by atoms with Gasteiger partial charge in [-0.05, 0) is 44.4 Å². The molecule has 0 saturated heterocycles. The van der Waals surface area contributed by atoms with Gasteiger partial charge >= 0.3 is 0 Å². The number of nitrogens with two attached hydrogens (primary N) is 1. The number of benzene rings is 2. The van der Waals surface area contributed by atoms with E-state index in [0.717, 1.165) is 31.1 Å². The van der Waals surface area contributed by atoms with Gasteiger partial charge in [-0.1, -0.05) is 71.0 Å². The fraction of sp³-hybridized carbons (Fsp3) is 0.250. The summed E-state index contributed by atoms with van der Waals surface area (Å²) in [5, 5.41) is 6.90. The van der Waals surface area contributed by atoms with Crippen molar-refractivity contribution in [3.63, 3.8) is 0 Å². The van der Waals surface area contributed by atoms with E-state index in [4.69, 9.17) is 16.4 Å². The predicted molar refractivity (Wildman–Crippen MR) is 140 cm³/mol. The summed E-state index contributed by atoms with van der Waals surface area (Å²) in [6, 6.07) is 19.9. The third kappa shape index (κ3) is 10.5. The maximum absolute atomic E-state index is 11.9. The molecule has 0 aliphatic heterocycles. The first-order valence-electron chi connectivity index (χ1n) is 11.1. The summed E-state index contributed by atoms with van der Waals surface area (Å²) in [6.45, 7) is 4.18. The van der Waals surface area contributed by atoms with E-state index >= 15 is 0 Å². The van der Waals surface area contributed by atoms with Crippen molar-refractivity contribution in [3.05, 3.63) is 95.7 Å². The van der Waals surface area contributed by atoms with Crippen LogP contribution in [0.5, 0.6) is 0 Å². The summed E-state index contributed by atoms with van der Waals surface area (Å²) >= 11 is 0. The fourth-order valence-electron chi connectivity index (χ4n) is 2.92. The van der Waals surface area contributed by atoms with Crippen LogP contribution in [-0.2, 0) is 31.9 Å². The number of hydrogen-bond acceptors (Lipinski definition) is 9. The van der Waals surface area contributed by atoms with Crippen LogP contribution >= 0.6 is 10.7 Å². The van der Waals surface area contributed by atoms with E-state index in [1.807, 2.05) is 48.5 Å². The Morgan fingerprint density at radius 1 is 0.784 bits per heavy atom. The van der Waals surface area contributed by atoms with Gasteiger partial charge in [-0.3, -0.25) is 0 Å². The third-order valence-electron chi connectivity index (χ3n) is 4.79. The van der Waals surface area contributed by atoms with Gasteiger partial charge in [0, 0.05) is 17.2 Å². The lowest BCUT2D eigenvalue weighted by Crippen LogP contribution is -2.26. The number of hydrogen-bond donors (Lipinski definition) is 2. The number of nitrogens with zero attached hydrogens (tertiary/aromatic N) is 2. The molecule has 0 aliphatic carbocycles. The number of sulfonamides is 1. The molecular weight excluding hydrogens is 540 g/mol. The Kier molecular flexibility index (Phi) is 12.0. The fourth-order valence-corrected chi connectivity index (χ4v) is 5.04. The van der Waals surface area contributed by atoms with Gasteiger partial charge in [-0.15, -0.1) is 0 Å². The van der Waals surface area contributed by atoms with Crippen molar-refractivity contribution in [1.29, 1.82) is 0 Å². The largest absolute Gasteiger partial charge is 0.363 e. The summed E-state index contributed by atoms with van der Waals surface area (Å²) in [5.74, 6) is 0. The number of nitrogens with one attached hydrogen (secondary N) is 1. The molecular formula is C24H29ClN4O6S2. The molecule has 200 valence electrons. The molecule has 2 aromatic carbocycles. The molecule has 13 heteroatoms. The number of aryl methyl sites for hydroxylation is 2. The summed E-state index contributed by atoms with van der Waals surface area (Å²) in [5.41, 5.74) is 8.40. The van der Waals surface area contributed by atoms with Crippen LogP contribution in [0.3, 0.4) is 0 Å². The van der Waals surface area contributed by atoms with Crippen LogP contribution in [-0.4, -0.2) is 40.2 Å². The Morgan fingerprint density at radius 2 is 1.24 bits per heavy atom. The average molecular weight is 569 g/mol. The predicted octanol–water partition coefficient (Wildman–Crippen LogP) is 3.60. The number of aromatic nitrogens is 2. The van der Waals surface area contributed by atoms with E-state index in [1.165, 1.54) is 12.5 Å². The van der Waals surface area contributed by atoms with E-state index < -0.39 is 19.1 Å². The molecule has 0 radical (unpaired) electrons. The van der Waals surface area contributed by atoms with Gasteiger partial charge in [-0.2, -0.15) is 0 Å². The van der Waals surface area contributed by atoms with Crippen molar-refractivity contribution in [3.8, 4) is 0 Å². The van der Waals surface area contributed by atoms with Gasteiger partial charge in [0.25, 0.3) is 9.05 Å². The maximum atomic E-state index is 11.9. The van der Waals surface area contributed by atoms with Crippen LogP contribution in [0.1, 0.15) is 22.5 Å². The molecule has 2 heterocycles. The second-order valence-electron chi connectivity index (χ2n) is 7.62. The third-order valence-corrected chi connectivity index (χ3v) is 7.76. The minimum Gasteiger partial charge on any atom is -0.363 e. The van der Waals surface area contributed by atoms with Crippen LogP contribution in [0.4, 0.5) is 0 Å². The zero-order valence-corrected chi connectivity index (χ0v) is 22.8. The summed E-state index contributed by atoms with van der Waals surface area (Å²) < 4.78 is 56.5. The molecule has 0 spiro atoms. The van der Waals surface area contributed by atoms with E-state index in [9.17, 15) is 16.8 Å². The molecule has 10 nitrogen and oxygen atoms in total. The summed E-state index contributed by atoms with van der Waals surface area (Å²) in [4.78, 5) is 0.0183. The maximum Gasteiger partial charge on any atom is 0.266 e. The molecule has 0 aliphatic rings. The Morgan fingerprint density at radius 3 is 1.62 bits per heavy atom. The molecule has 3 N–H and O–H groups in total. The van der Waals surface area contributed by atoms with Crippen molar-refractivity contribution in [2.75, 3.05) is 13.1 Å². The molecule has 0 amide bonds. The Bertz CT molecular complexity index is 1420. The van der Waals surface area contributed by atoms with Crippen molar-refractivity contribution < 1.29 is 25.9 Å². The number of halogens is 1. The van der Waals surface area contributed by atoms with E-state index in [1.54, 1.807) is 6.92 Å². The SMILES string of the molecule is Cc1nocc1S(=O)(=O)Cl.Cc1nocc1S(=O)(=O)NCCc1ccccc1.NCCc1ccccc1. The topological polar surface area (TPSA) is 158 Å². The molecule has 0 atom stereocenters. The molecule has 0 bridgehead atoms. The van der Waals surface area contributed by atoms with Crippen LogP contribution in [0, 0.1) is 13.8 Å². The molecule has 4 rings (SSSR count). The highest BCUT2D eigenvalue weighted by Crippen LogP contribution is 2.17. The molecule has 0 fully saturated rings. The normalized spacial score (nSPS) is 11.1. The van der Waals surface area contributed by atoms with Crippen molar-refractivity contribution >= 4 is 29.8 Å². The van der Waals surface area contributed by atoms with E-state index in [2.05, 4.69) is 36.2 Å². The molecule has 0 unspecified atom stereocenters. The minimum absolute atomic E-state index is 0.0748. The minimum atomic E-state index is -3.67. The second-order valence-corrected chi connectivity index (χ2v) is 11.9. The Balaban J connectivity index is 0.000000214. The summed E-state index contributed by atoms with van der Waals surface area (Å²) in [6.07, 6.45) is 3.77. The van der Waals surface area contributed by atoms with Gasteiger partial charge < -0.3 is 14.8 Å². The van der Waals surface area contributed by atoms with Crippen LogP contribution < -0.4 is 10.5 Å². The van der Waals surface area contributed by atoms with Gasteiger partial charge in [-0.25, -0.2) is 21.6 Å². The zero-order valence-electron chi connectivity index (χ0n) is 20.4. The Labute approximate surface area is 221 Å². The summed E-state index contributed by atoms with van der Waals surface area (Å²) in [7, 11) is -2.22. The lowest BCUT2D eigenvalue weighted by molar-refractivity contribution is 0.413. The monoisotopic (exact) mass is 568 g/mol. The second kappa shape index (κ2) is 14.6. The Hall–Kier alpha value is -3.03. The van der Waals surface area contributed by atoms with Crippen molar-refractivity contribution in [2.45, 2.75) is 36.5 Å². The molecule has 0 saturated carbocycles. The van der Waals surface area contributed by atoms with Crippen molar-refractivity contribution in [1.82, 2.24) is 15.0 Å². The lowest BCUT2D eigenvalue weighted by Gasteiger charge is -2.05. The molecule has 4 aromatic rings. The average Bonchev–Trinajstić information content (AvgIpc) is 3.50. The molecule has 2 aromatic heterocycles. The quantitative estimate of drug-likeness (QED) is 0.303. The lowest BCUT2D eigenvalue weighted by atomic mass is 10.2. The smallest absolute Gasteiger partial charge is 0.266 e. The van der Waals surface area contributed by atoms with Crippen molar-refractivity contribution in [2.24, 2.45) is 5.73 Å². The van der Waals surface area contributed by atoms with Crippen LogP contribution in [0.25, 0.3) is 0 Å². The standard InChI is InChI=1S/C12H14N2O3S.C8H11N.C4H4ClNO3S/c1-10-12(9-17-14-10)18(15,16)13-8-7-11-5-3-2-4-6-11;9-7-6-8-4-2-1-3-5-8;1-3-4(2-9-6-3)10(5,7)8/h2-6,9,13H,7-8H2,1H3;1-5H,6-7,9H2;2H,1H3. The van der Waals surface area contributed by atoms with Crippen LogP contribution in [0.15, 0.2) is 92.0 Å². The van der Waals surface area contributed by atoms with Gasteiger partial charge in [0.1, 0.15) is 33.7 Å². The first-order chi connectivity index (χ1) is 17.5. The first kappa shape index (κ1) is 30.2. The van der Waals surface area contributed by atoms with E-state index in [-0.39, 0.29) is 15.5 Å². The first-order valence-corrected chi connectivity index (χ1v) is 14.9. The van der Waals surface area contributed by atoms with Crippen LogP contribution in [0.2, 0.25) is 0 Å². The van der Waals surface area contributed by atoms with Gasteiger partial charge in [0.15, 0.2) is 0 Å². The highest BCUT2D eigenvalue weighted by Gasteiger charge is 2.19. The van der Waals surface area contributed by atoms with Gasteiger partial charge in [0.05, 0.1) is 0 Å². The molecule has 37 heavy (non-hydrogen) atoms. The number of rotatable bonds is 8. The highest BCUT2D eigenvalue weighted by molar-refractivity contribution is 8.13. The van der Waals surface area contributed by atoms with Gasteiger partial charge in [0.2, 0.25) is 10.0 Å². The zero-order chi connectivity index (χ0) is 27.3. The van der Waals surface area contributed by atoms with E-state index in [0.29, 0.717) is 18.7 Å². The highest BCUT2D eigenvalue weighted by atomic mass is 35.7.